The van der Waals surface area contributed by atoms with E-state index in [0.29, 0.717) is 42.6 Å². The quantitative estimate of drug-likeness (QED) is 0.563. The first-order valence-electron chi connectivity index (χ1n) is 9.64. The molecule has 0 aliphatic carbocycles. The highest BCUT2D eigenvalue weighted by Gasteiger charge is 2.31. The van der Waals surface area contributed by atoms with E-state index in [1.54, 1.807) is 41.3 Å². The zero-order valence-electron chi connectivity index (χ0n) is 16.2. The molecule has 30 heavy (non-hydrogen) atoms. The van der Waals surface area contributed by atoms with Crippen molar-refractivity contribution >= 4 is 26.8 Å². The fourth-order valence-corrected chi connectivity index (χ4v) is 4.71. The summed E-state index contributed by atoms with van der Waals surface area (Å²) in [7, 11) is -4.00. The maximum absolute atomic E-state index is 13.2. The molecule has 0 saturated carbocycles. The van der Waals surface area contributed by atoms with Crippen LogP contribution in [0.1, 0.15) is 11.6 Å². The molecule has 2 heterocycles. The molecule has 0 bridgehead atoms. The molecule has 4 rings (SSSR count). The summed E-state index contributed by atoms with van der Waals surface area (Å²) in [5, 5.41) is 3.77. The van der Waals surface area contributed by atoms with Gasteiger partial charge in [0.25, 0.3) is 0 Å². The van der Waals surface area contributed by atoms with Gasteiger partial charge in [0.2, 0.25) is 21.5 Å². The van der Waals surface area contributed by atoms with Crippen molar-refractivity contribution in [2.24, 2.45) is 0 Å². The third kappa shape index (κ3) is 4.28. The molecule has 1 aliphatic heterocycles. The molecular formula is C21H22N4O4S. The Kier molecular flexibility index (Phi) is 5.67. The van der Waals surface area contributed by atoms with Gasteiger partial charge in [0.05, 0.1) is 4.90 Å². The van der Waals surface area contributed by atoms with Gasteiger partial charge in [-0.25, -0.2) is 8.42 Å². The second-order valence-electron chi connectivity index (χ2n) is 7.11. The number of nitrogens with one attached hydrogen (secondary N) is 3. The van der Waals surface area contributed by atoms with E-state index >= 15 is 0 Å². The standard InChI is InChI=1S/C21H22N4O4S/c26-19-9-6-16-14-17(7-8-18(16)23-19)30(28,29)24-20(15-4-2-1-3-5-15)21(27)25-12-10-22-11-13-25/h1-9,14,20,22,24H,10-13H2,(H,23,26). The number of piperazine rings is 1. The van der Waals surface area contributed by atoms with Crippen molar-refractivity contribution in [3.05, 3.63) is 76.6 Å². The normalized spacial score (nSPS) is 15.8. The molecule has 2 aromatic carbocycles. The highest BCUT2D eigenvalue weighted by molar-refractivity contribution is 7.89. The van der Waals surface area contributed by atoms with Gasteiger partial charge in [-0.05, 0) is 35.2 Å². The van der Waals surface area contributed by atoms with Crippen molar-refractivity contribution in [1.82, 2.24) is 19.9 Å². The van der Waals surface area contributed by atoms with Crippen molar-refractivity contribution in [2.45, 2.75) is 10.9 Å². The first kappa shape index (κ1) is 20.3. The zero-order valence-corrected chi connectivity index (χ0v) is 17.0. The number of benzene rings is 2. The fraction of sp³-hybridized carbons (Fsp3) is 0.238. The molecule has 1 atom stereocenters. The number of amides is 1. The number of H-pyrrole nitrogens is 1. The molecule has 9 heteroatoms. The van der Waals surface area contributed by atoms with Gasteiger partial charge in [-0.2, -0.15) is 4.72 Å². The minimum atomic E-state index is -4.00. The highest BCUT2D eigenvalue weighted by atomic mass is 32.2. The molecule has 1 unspecified atom stereocenters. The lowest BCUT2D eigenvalue weighted by Gasteiger charge is -2.31. The van der Waals surface area contributed by atoms with Crippen LogP contribution in [0.25, 0.3) is 10.9 Å². The largest absolute Gasteiger partial charge is 0.338 e. The van der Waals surface area contributed by atoms with Gasteiger partial charge in [-0.3, -0.25) is 9.59 Å². The van der Waals surface area contributed by atoms with Crippen LogP contribution in [0.5, 0.6) is 0 Å². The van der Waals surface area contributed by atoms with Gasteiger partial charge in [-0.15, -0.1) is 0 Å². The van der Waals surface area contributed by atoms with E-state index in [1.165, 1.54) is 18.2 Å². The number of aromatic nitrogens is 1. The fourth-order valence-electron chi connectivity index (χ4n) is 3.50. The van der Waals surface area contributed by atoms with Gasteiger partial charge >= 0.3 is 0 Å². The van der Waals surface area contributed by atoms with E-state index in [1.807, 2.05) is 6.07 Å². The smallest absolute Gasteiger partial charge is 0.248 e. The minimum Gasteiger partial charge on any atom is -0.338 e. The highest BCUT2D eigenvalue weighted by Crippen LogP contribution is 2.22. The molecule has 8 nitrogen and oxygen atoms in total. The van der Waals surface area contributed by atoms with Crippen LogP contribution in [-0.4, -0.2) is 50.4 Å². The van der Waals surface area contributed by atoms with Crippen LogP contribution in [0.15, 0.2) is 70.4 Å². The van der Waals surface area contributed by atoms with Crippen LogP contribution in [0, 0.1) is 0 Å². The molecule has 156 valence electrons. The van der Waals surface area contributed by atoms with Crippen LogP contribution < -0.4 is 15.6 Å². The maximum atomic E-state index is 13.2. The lowest BCUT2D eigenvalue weighted by molar-refractivity contribution is -0.133. The maximum Gasteiger partial charge on any atom is 0.248 e. The van der Waals surface area contributed by atoms with Crippen LogP contribution in [0.3, 0.4) is 0 Å². The molecule has 0 radical (unpaired) electrons. The Morgan fingerprint density at radius 3 is 2.47 bits per heavy atom. The Balaban J connectivity index is 1.68. The number of carbonyl (C=O) groups excluding carboxylic acids is 1. The molecular weight excluding hydrogens is 404 g/mol. The molecule has 1 aliphatic rings. The number of hydrogen-bond acceptors (Lipinski definition) is 5. The van der Waals surface area contributed by atoms with E-state index in [4.69, 9.17) is 0 Å². The van der Waals surface area contributed by atoms with Gasteiger partial charge in [0.1, 0.15) is 6.04 Å². The second kappa shape index (κ2) is 8.39. The monoisotopic (exact) mass is 426 g/mol. The number of nitrogens with zero attached hydrogens (tertiary/aromatic N) is 1. The second-order valence-corrected chi connectivity index (χ2v) is 8.83. The van der Waals surface area contributed by atoms with E-state index in [-0.39, 0.29) is 16.4 Å². The lowest BCUT2D eigenvalue weighted by atomic mass is 10.1. The topological polar surface area (TPSA) is 111 Å². The number of hydrogen-bond donors (Lipinski definition) is 3. The summed E-state index contributed by atoms with van der Waals surface area (Å²) in [5.74, 6) is -0.281. The Hall–Kier alpha value is -3.01. The summed E-state index contributed by atoms with van der Waals surface area (Å²) < 4.78 is 28.9. The van der Waals surface area contributed by atoms with Gasteiger partial charge in [-0.1, -0.05) is 30.3 Å². The molecule has 3 aromatic rings. The SMILES string of the molecule is O=C(C(NS(=O)(=O)c1ccc2[nH]c(=O)ccc2c1)c1ccccc1)N1CCNCC1. The third-order valence-corrected chi connectivity index (χ3v) is 6.51. The Labute approximate surface area is 174 Å². The number of fused-ring (bicyclic) bond motifs is 1. The Bertz CT molecular complexity index is 1220. The van der Waals surface area contributed by atoms with Crippen molar-refractivity contribution < 1.29 is 13.2 Å². The lowest BCUT2D eigenvalue weighted by Crippen LogP contribution is -2.50. The number of rotatable bonds is 5. The Morgan fingerprint density at radius 2 is 1.73 bits per heavy atom. The van der Waals surface area contributed by atoms with Crippen molar-refractivity contribution in [3.63, 3.8) is 0 Å². The van der Waals surface area contributed by atoms with Crippen molar-refractivity contribution in [2.75, 3.05) is 26.2 Å². The molecule has 0 spiro atoms. The summed E-state index contributed by atoms with van der Waals surface area (Å²) in [6.07, 6.45) is 0. The molecule has 1 aromatic heterocycles. The summed E-state index contributed by atoms with van der Waals surface area (Å²) >= 11 is 0. The summed E-state index contributed by atoms with van der Waals surface area (Å²) in [6, 6.07) is 15.1. The number of pyridine rings is 1. The van der Waals surface area contributed by atoms with Gasteiger partial charge in [0.15, 0.2) is 0 Å². The third-order valence-electron chi connectivity index (χ3n) is 5.09. The summed E-state index contributed by atoms with van der Waals surface area (Å²) in [6.45, 7) is 2.38. The molecule has 1 amide bonds. The first-order valence-corrected chi connectivity index (χ1v) is 11.1. The molecule has 3 N–H and O–H groups in total. The summed E-state index contributed by atoms with van der Waals surface area (Å²) in [5.41, 5.74) is 0.856. The minimum absolute atomic E-state index is 0.0242. The van der Waals surface area contributed by atoms with Crippen LogP contribution in [0.2, 0.25) is 0 Å². The van der Waals surface area contributed by atoms with E-state index < -0.39 is 16.1 Å². The number of aromatic amines is 1. The van der Waals surface area contributed by atoms with E-state index in [2.05, 4.69) is 15.0 Å². The van der Waals surface area contributed by atoms with Crippen LogP contribution >= 0.6 is 0 Å². The predicted molar refractivity (Wildman–Crippen MR) is 114 cm³/mol. The van der Waals surface area contributed by atoms with Gasteiger partial charge < -0.3 is 15.2 Å². The number of sulfonamides is 1. The molecule has 1 fully saturated rings. The van der Waals surface area contributed by atoms with Crippen molar-refractivity contribution in [3.8, 4) is 0 Å². The zero-order chi connectivity index (χ0) is 21.1. The van der Waals surface area contributed by atoms with E-state index in [0.717, 1.165) is 0 Å². The van der Waals surface area contributed by atoms with Crippen molar-refractivity contribution in [1.29, 1.82) is 0 Å². The predicted octanol–water partition coefficient (Wildman–Crippen LogP) is 0.980. The van der Waals surface area contributed by atoms with E-state index in [9.17, 15) is 18.0 Å². The summed E-state index contributed by atoms with van der Waals surface area (Å²) in [4.78, 5) is 29.0. The van der Waals surface area contributed by atoms with Crippen LogP contribution in [-0.2, 0) is 14.8 Å². The average molecular weight is 426 g/mol. The molecule has 1 saturated heterocycles. The Morgan fingerprint density at radius 1 is 1.00 bits per heavy atom. The first-order chi connectivity index (χ1) is 14.4. The number of carbonyl (C=O) groups is 1. The average Bonchev–Trinajstić information content (AvgIpc) is 2.78. The van der Waals surface area contributed by atoms with Gasteiger partial charge in [0, 0.05) is 37.8 Å². The van der Waals surface area contributed by atoms with Crippen LogP contribution in [0.4, 0.5) is 0 Å².